The Balaban J connectivity index is 2.58. The Morgan fingerprint density at radius 1 is 1.18 bits per heavy atom. The maximum absolute atomic E-state index is 4.48. The van der Waals surface area contributed by atoms with E-state index in [2.05, 4.69) is 48.3 Å². The Kier molecular flexibility index (Phi) is 5.73. The molecule has 0 amide bonds. The summed E-state index contributed by atoms with van der Waals surface area (Å²) in [4.78, 5) is 8.67. The zero-order valence-corrected chi connectivity index (χ0v) is 11.3. The summed E-state index contributed by atoms with van der Waals surface area (Å²) in [7, 11) is 0. The molecule has 1 aromatic heterocycles. The van der Waals surface area contributed by atoms with Gasteiger partial charge in [0.25, 0.3) is 0 Å². The summed E-state index contributed by atoms with van der Waals surface area (Å²) in [5, 5.41) is 6.63. The molecule has 1 aromatic rings. The topological polar surface area (TPSA) is 49.8 Å². The van der Waals surface area contributed by atoms with Crippen LogP contribution in [0.3, 0.4) is 0 Å². The first-order valence-electron chi connectivity index (χ1n) is 6.49. The van der Waals surface area contributed by atoms with Gasteiger partial charge >= 0.3 is 0 Å². The highest BCUT2D eigenvalue weighted by Crippen LogP contribution is 2.13. The minimum atomic E-state index is 0.413. The van der Waals surface area contributed by atoms with Gasteiger partial charge in [-0.3, -0.25) is 4.98 Å². The fourth-order valence-corrected chi connectivity index (χ4v) is 1.50. The van der Waals surface area contributed by atoms with Crippen LogP contribution in [0.25, 0.3) is 0 Å². The van der Waals surface area contributed by atoms with Crippen LogP contribution in [-0.4, -0.2) is 22.6 Å². The van der Waals surface area contributed by atoms with E-state index in [1.165, 1.54) is 0 Å². The predicted octanol–water partition coefficient (Wildman–Crippen LogP) is 3.15. The van der Waals surface area contributed by atoms with Gasteiger partial charge in [-0.25, -0.2) is 4.98 Å². The van der Waals surface area contributed by atoms with E-state index in [0.717, 1.165) is 31.0 Å². The van der Waals surface area contributed by atoms with Crippen LogP contribution in [0.1, 0.15) is 40.5 Å². The number of hydrogen-bond donors (Lipinski definition) is 2. The number of rotatable bonds is 7. The van der Waals surface area contributed by atoms with Crippen molar-refractivity contribution in [3.8, 4) is 0 Å². The lowest BCUT2D eigenvalue weighted by molar-refractivity contribution is 0.493. The van der Waals surface area contributed by atoms with Crippen molar-refractivity contribution in [3.05, 3.63) is 12.4 Å². The molecule has 0 aliphatic carbocycles. The number of aromatic nitrogens is 2. The Bertz CT molecular complexity index is 327. The molecule has 0 bridgehead atoms. The van der Waals surface area contributed by atoms with Crippen LogP contribution in [-0.2, 0) is 0 Å². The summed E-state index contributed by atoms with van der Waals surface area (Å²) >= 11 is 0. The number of anilines is 2. The minimum Gasteiger partial charge on any atom is -0.369 e. The number of hydrogen-bond acceptors (Lipinski definition) is 4. The van der Waals surface area contributed by atoms with E-state index in [1.807, 2.05) is 0 Å². The standard InChI is InChI=1S/C13H24N4/c1-5-7-15-12-8-14-9-13(17-12)16-11(4)10(3)6-2/h8-11H,5-7H2,1-4H3,(H2,15,16,17). The van der Waals surface area contributed by atoms with Crippen LogP contribution in [0.15, 0.2) is 12.4 Å². The third kappa shape index (κ3) is 4.59. The molecule has 0 spiro atoms. The quantitative estimate of drug-likeness (QED) is 0.763. The van der Waals surface area contributed by atoms with Crippen molar-refractivity contribution in [2.75, 3.05) is 17.2 Å². The van der Waals surface area contributed by atoms with Gasteiger partial charge in [0, 0.05) is 12.6 Å². The molecule has 4 nitrogen and oxygen atoms in total. The van der Waals surface area contributed by atoms with Crippen molar-refractivity contribution >= 4 is 11.6 Å². The first-order chi connectivity index (χ1) is 8.17. The number of nitrogens with zero attached hydrogens (tertiary/aromatic N) is 2. The normalized spacial score (nSPS) is 14.1. The van der Waals surface area contributed by atoms with Gasteiger partial charge in [-0.1, -0.05) is 27.2 Å². The average Bonchev–Trinajstić information content (AvgIpc) is 2.35. The zero-order chi connectivity index (χ0) is 12.7. The molecule has 0 radical (unpaired) electrons. The van der Waals surface area contributed by atoms with Gasteiger partial charge < -0.3 is 10.6 Å². The smallest absolute Gasteiger partial charge is 0.147 e. The highest BCUT2D eigenvalue weighted by molar-refractivity contribution is 5.42. The van der Waals surface area contributed by atoms with Crippen molar-refractivity contribution in [2.45, 2.75) is 46.6 Å². The number of nitrogens with one attached hydrogen (secondary N) is 2. The fraction of sp³-hybridized carbons (Fsp3) is 0.692. The molecule has 2 unspecified atom stereocenters. The van der Waals surface area contributed by atoms with E-state index in [1.54, 1.807) is 12.4 Å². The van der Waals surface area contributed by atoms with Crippen molar-refractivity contribution in [1.29, 1.82) is 0 Å². The molecular weight excluding hydrogens is 212 g/mol. The Morgan fingerprint density at radius 3 is 2.53 bits per heavy atom. The van der Waals surface area contributed by atoms with Crippen LogP contribution < -0.4 is 10.6 Å². The average molecular weight is 236 g/mol. The summed E-state index contributed by atoms with van der Waals surface area (Å²) in [6.07, 6.45) is 5.78. The lowest BCUT2D eigenvalue weighted by Crippen LogP contribution is -2.24. The van der Waals surface area contributed by atoms with Crippen LogP contribution in [0, 0.1) is 5.92 Å². The van der Waals surface area contributed by atoms with E-state index >= 15 is 0 Å². The molecule has 0 saturated heterocycles. The summed E-state index contributed by atoms with van der Waals surface area (Å²) in [6.45, 7) is 9.69. The molecular formula is C13H24N4. The van der Waals surface area contributed by atoms with Gasteiger partial charge in [0.2, 0.25) is 0 Å². The largest absolute Gasteiger partial charge is 0.369 e. The second kappa shape index (κ2) is 7.09. The highest BCUT2D eigenvalue weighted by atomic mass is 15.1. The molecule has 1 heterocycles. The Morgan fingerprint density at radius 2 is 1.88 bits per heavy atom. The first kappa shape index (κ1) is 13.7. The van der Waals surface area contributed by atoms with E-state index in [9.17, 15) is 0 Å². The second-order valence-electron chi connectivity index (χ2n) is 4.53. The Hall–Kier alpha value is -1.32. The van der Waals surface area contributed by atoms with E-state index in [-0.39, 0.29) is 0 Å². The summed E-state index contributed by atoms with van der Waals surface area (Å²) in [6, 6.07) is 0.413. The van der Waals surface area contributed by atoms with Crippen molar-refractivity contribution in [2.24, 2.45) is 5.92 Å². The molecule has 17 heavy (non-hydrogen) atoms. The molecule has 0 saturated carbocycles. The summed E-state index contributed by atoms with van der Waals surface area (Å²) in [5.41, 5.74) is 0. The highest BCUT2D eigenvalue weighted by Gasteiger charge is 2.10. The lowest BCUT2D eigenvalue weighted by Gasteiger charge is -2.20. The van der Waals surface area contributed by atoms with Gasteiger partial charge in [0.1, 0.15) is 11.6 Å². The molecule has 0 aliphatic heterocycles. The first-order valence-corrected chi connectivity index (χ1v) is 6.49. The lowest BCUT2D eigenvalue weighted by atomic mass is 10.0. The molecule has 2 atom stereocenters. The van der Waals surface area contributed by atoms with Gasteiger partial charge in [0.15, 0.2) is 0 Å². The van der Waals surface area contributed by atoms with Crippen LogP contribution >= 0.6 is 0 Å². The zero-order valence-electron chi connectivity index (χ0n) is 11.3. The van der Waals surface area contributed by atoms with E-state index < -0.39 is 0 Å². The van der Waals surface area contributed by atoms with Crippen LogP contribution in [0.4, 0.5) is 11.6 Å². The van der Waals surface area contributed by atoms with Gasteiger partial charge in [-0.05, 0) is 19.3 Å². The van der Waals surface area contributed by atoms with Crippen LogP contribution in [0.2, 0.25) is 0 Å². The monoisotopic (exact) mass is 236 g/mol. The molecule has 0 aliphatic rings. The third-order valence-corrected chi connectivity index (χ3v) is 3.06. The van der Waals surface area contributed by atoms with Gasteiger partial charge in [-0.2, -0.15) is 0 Å². The van der Waals surface area contributed by atoms with Crippen molar-refractivity contribution in [3.63, 3.8) is 0 Å². The van der Waals surface area contributed by atoms with Crippen molar-refractivity contribution < 1.29 is 0 Å². The van der Waals surface area contributed by atoms with Gasteiger partial charge in [0.05, 0.1) is 12.4 Å². The summed E-state index contributed by atoms with van der Waals surface area (Å²) in [5.74, 6) is 2.32. The third-order valence-electron chi connectivity index (χ3n) is 3.06. The summed E-state index contributed by atoms with van der Waals surface area (Å²) < 4.78 is 0. The fourth-order valence-electron chi connectivity index (χ4n) is 1.50. The second-order valence-corrected chi connectivity index (χ2v) is 4.53. The molecule has 1 rings (SSSR count). The minimum absolute atomic E-state index is 0.413. The molecule has 2 N–H and O–H groups in total. The Labute approximate surface area is 104 Å². The molecule has 0 fully saturated rings. The van der Waals surface area contributed by atoms with E-state index in [0.29, 0.717) is 12.0 Å². The molecule has 4 heteroatoms. The SMILES string of the molecule is CCCNc1cncc(NC(C)C(C)CC)n1. The van der Waals surface area contributed by atoms with Crippen LogP contribution in [0.5, 0.6) is 0 Å². The molecule has 96 valence electrons. The van der Waals surface area contributed by atoms with E-state index in [4.69, 9.17) is 0 Å². The van der Waals surface area contributed by atoms with Crippen molar-refractivity contribution in [1.82, 2.24) is 9.97 Å². The predicted molar refractivity (Wildman–Crippen MR) is 73.4 cm³/mol. The van der Waals surface area contributed by atoms with Gasteiger partial charge in [-0.15, -0.1) is 0 Å². The maximum atomic E-state index is 4.48. The molecule has 0 aromatic carbocycles. The maximum Gasteiger partial charge on any atom is 0.147 e.